The van der Waals surface area contributed by atoms with Gasteiger partial charge in [-0.25, -0.2) is 13.8 Å². The van der Waals surface area contributed by atoms with Crippen molar-refractivity contribution in [2.45, 2.75) is 133 Å². The van der Waals surface area contributed by atoms with E-state index in [0.717, 1.165) is 50.8 Å². The first-order valence-electron chi connectivity index (χ1n) is 33.7. The maximum absolute atomic E-state index is 17.7. The lowest BCUT2D eigenvalue weighted by Gasteiger charge is -2.38. The van der Waals surface area contributed by atoms with E-state index >= 15 is 8.78 Å². The summed E-state index contributed by atoms with van der Waals surface area (Å²) in [4.78, 5) is 43.7. The second kappa shape index (κ2) is 31.3. The number of H-pyrrole nitrogens is 1. The molecule has 514 valence electrons. The molecule has 5 aliphatic heterocycles. The molecule has 26 heteroatoms. The van der Waals surface area contributed by atoms with E-state index in [0.29, 0.717) is 126 Å². The van der Waals surface area contributed by atoms with Crippen LogP contribution in [-0.2, 0) is 33.2 Å². The van der Waals surface area contributed by atoms with Gasteiger partial charge in [0, 0.05) is 67.1 Å². The van der Waals surface area contributed by atoms with Crippen LogP contribution < -0.4 is 29.7 Å². The Hall–Kier alpha value is -6.93. The van der Waals surface area contributed by atoms with Gasteiger partial charge in [-0.3, -0.25) is 14.7 Å². The van der Waals surface area contributed by atoms with Crippen LogP contribution in [0.5, 0.6) is 23.5 Å². The number of piperazine rings is 1. The van der Waals surface area contributed by atoms with Crippen LogP contribution in [0.3, 0.4) is 0 Å². The highest BCUT2D eigenvalue weighted by molar-refractivity contribution is 6.90. The highest BCUT2D eigenvalue weighted by Crippen LogP contribution is 2.43. The molecule has 0 spiro atoms. The molecule has 2 unspecified atom stereocenters. The molecule has 7 aromatic rings. The number of hydrogen-bond acceptors (Lipinski definition) is 20. The van der Waals surface area contributed by atoms with Crippen molar-refractivity contribution < 1.29 is 66.4 Å². The van der Waals surface area contributed by atoms with Crippen LogP contribution in [0.15, 0.2) is 60.8 Å². The SMILES string of the molecule is CC(C)[Si](C#Cc1c(F)ccc2cc(O)cc(-c3ncc4c(N5CC6CCC(C5)N6)nc(OC[C@@H]5CCCN5CCCOCCOCCOCCOCC(=O)NCCOc5ccc(-c6nc7nc(O[C@@H]8CO[C@H]9[C@@H]8OC[C@H]9O)[nH]c7cc6Cl)cc5)nc4c3F)c12)(C(C)C)C(C)C. The number of nitrogens with one attached hydrogen (secondary N) is 3. The number of phenolic OH excluding ortho intramolecular Hbond substituents is 1. The molecule has 1 amide bonds. The number of rotatable bonds is 30. The number of aliphatic hydroxyl groups is 1. The van der Waals surface area contributed by atoms with Crippen LogP contribution in [0.2, 0.25) is 21.6 Å². The summed E-state index contributed by atoms with van der Waals surface area (Å²) >= 11 is 6.64. The van der Waals surface area contributed by atoms with Gasteiger partial charge in [0.25, 0.3) is 6.01 Å². The average molecular weight is 1360 g/mol. The van der Waals surface area contributed by atoms with Gasteiger partial charge in [0.2, 0.25) is 5.91 Å². The lowest BCUT2D eigenvalue weighted by Crippen LogP contribution is -2.51. The summed E-state index contributed by atoms with van der Waals surface area (Å²) in [7, 11) is -2.31. The average Bonchev–Trinajstić information content (AvgIpc) is 0.979. The molecule has 2 bridgehead atoms. The number of phenols is 1. The normalized spacial score (nSPS) is 21.1. The predicted octanol–water partition coefficient (Wildman–Crippen LogP) is 9.33. The van der Waals surface area contributed by atoms with E-state index < -0.39 is 38.0 Å². The third kappa shape index (κ3) is 15.6. The number of nitrogens with zero attached hydrogens (tertiary/aromatic N) is 7. The van der Waals surface area contributed by atoms with Crippen molar-refractivity contribution in [2.24, 2.45) is 0 Å². The fraction of sp³-hybridized carbons (Fsp3) is 0.543. The van der Waals surface area contributed by atoms with Gasteiger partial charge in [0.15, 0.2) is 17.6 Å². The van der Waals surface area contributed by atoms with Gasteiger partial charge >= 0.3 is 6.01 Å². The van der Waals surface area contributed by atoms with E-state index in [1.54, 1.807) is 36.5 Å². The van der Waals surface area contributed by atoms with Crippen molar-refractivity contribution in [1.82, 2.24) is 45.4 Å². The molecular weight excluding hydrogens is 1270 g/mol. The Kier molecular flexibility index (Phi) is 22.5. The van der Waals surface area contributed by atoms with Crippen molar-refractivity contribution >= 4 is 64.2 Å². The molecule has 0 aliphatic carbocycles. The minimum Gasteiger partial charge on any atom is -0.508 e. The molecule has 5 aliphatic rings. The molecule has 3 aromatic carbocycles. The lowest BCUT2D eigenvalue weighted by molar-refractivity contribution is -0.126. The summed E-state index contributed by atoms with van der Waals surface area (Å²) in [5.41, 5.74) is 7.24. The molecule has 5 fully saturated rings. The number of carbonyl (C=O) groups excluding carboxylic acids is 1. The van der Waals surface area contributed by atoms with Crippen LogP contribution >= 0.6 is 11.6 Å². The second-order valence-electron chi connectivity index (χ2n) is 26.4. The molecule has 5 N–H and O–H groups in total. The van der Waals surface area contributed by atoms with Crippen molar-refractivity contribution in [1.29, 1.82) is 0 Å². The predicted molar refractivity (Wildman–Crippen MR) is 363 cm³/mol. The number of carbonyl (C=O) groups is 1. The molecule has 96 heavy (non-hydrogen) atoms. The number of fused-ring (bicyclic) bond motifs is 6. The van der Waals surface area contributed by atoms with Gasteiger partial charge < -0.3 is 73.4 Å². The number of aromatic nitrogens is 6. The smallest absolute Gasteiger partial charge is 0.319 e. The van der Waals surface area contributed by atoms with Gasteiger partial charge in [-0.2, -0.15) is 15.0 Å². The molecule has 12 rings (SSSR count). The maximum atomic E-state index is 17.7. The van der Waals surface area contributed by atoms with E-state index in [2.05, 4.69) is 88.4 Å². The quantitative estimate of drug-likeness (QED) is 0.0160. The summed E-state index contributed by atoms with van der Waals surface area (Å²) in [5.74, 6) is 2.85. The Morgan fingerprint density at radius 2 is 1.54 bits per heavy atom. The van der Waals surface area contributed by atoms with Crippen LogP contribution in [0.25, 0.3) is 55.4 Å². The van der Waals surface area contributed by atoms with Crippen LogP contribution in [-0.4, -0.2) is 214 Å². The number of anilines is 1. The number of aliphatic hydroxyl groups excluding tert-OH is 1. The number of benzene rings is 3. The van der Waals surface area contributed by atoms with Crippen molar-refractivity contribution in [3.63, 3.8) is 0 Å². The van der Waals surface area contributed by atoms with Crippen molar-refractivity contribution in [2.75, 3.05) is 117 Å². The number of aromatic amines is 1. The van der Waals surface area contributed by atoms with E-state index in [9.17, 15) is 15.0 Å². The fourth-order valence-electron chi connectivity index (χ4n) is 14.5. The minimum absolute atomic E-state index is 0.0352. The summed E-state index contributed by atoms with van der Waals surface area (Å²) < 4.78 is 86.3. The summed E-state index contributed by atoms with van der Waals surface area (Å²) in [6.45, 7) is 20.3. The van der Waals surface area contributed by atoms with Gasteiger partial charge in [0.05, 0.1) is 86.6 Å². The van der Waals surface area contributed by atoms with Crippen molar-refractivity contribution in [3.05, 3.63) is 83.0 Å². The summed E-state index contributed by atoms with van der Waals surface area (Å²) in [6.07, 6.45) is 4.52. The Bertz CT molecular complexity index is 3890. The first-order chi connectivity index (χ1) is 46.5. The molecule has 7 atom stereocenters. The number of aromatic hydroxyl groups is 1. The molecule has 5 saturated heterocycles. The third-order valence-corrected chi connectivity index (χ3v) is 25.8. The number of likely N-dealkylation sites (tertiary alicyclic amines) is 1. The minimum atomic E-state index is -2.31. The Labute approximate surface area is 563 Å². The van der Waals surface area contributed by atoms with Crippen LogP contribution in [0.4, 0.5) is 14.6 Å². The number of ether oxygens (including phenoxy) is 9. The summed E-state index contributed by atoms with van der Waals surface area (Å²) in [6, 6.07) is 15.9. The first kappa shape index (κ1) is 69.0. The van der Waals surface area contributed by atoms with Crippen molar-refractivity contribution in [3.8, 4) is 57.5 Å². The van der Waals surface area contributed by atoms with Crippen LogP contribution in [0.1, 0.15) is 79.2 Å². The lowest BCUT2D eigenvalue weighted by atomic mass is 9.96. The largest absolute Gasteiger partial charge is 0.508 e. The third-order valence-electron chi connectivity index (χ3n) is 19.2. The zero-order chi connectivity index (χ0) is 67.0. The fourth-order valence-corrected chi connectivity index (χ4v) is 20.0. The number of amides is 1. The highest BCUT2D eigenvalue weighted by atomic mass is 35.5. The second-order valence-corrected chi connectivity index (χ2v) is 32.4. The topological polar surface area (TPSA) is 251 Å². The number of pyridine rings is 2. The Morgan fingerprint density at radius 1 is 0.823 bits per heavy atom. The Morgan fingerprint density at radius 3 is 2.28 bits per heavy atom. The van der Waals surface area contributed by atoms with E-state index in [1.807, 2.05) is 12.1 Å². The Balaban J connectivity index is 0.548. The monoisotopic (exact) mass is 1360 g/mol. The standard InChI is InChI=1S/C70H87ClF2N10O12Si/c1-41(2)96(42(3)4,43(5)6)30-18-51-55(72)17-12-45-31-49(84)32-52(60(45)51)63-61(73)64-53(34-75-63)68(83-35-46-13-14-47(36-83)76-46)81-69(79-64)94-37-48-9-7-20-82(48)21-8-22-87-24-25-88-26-27-89-28-29-90-40-59(86)74-19-23-91-50-15-10-44(11-16-50)62-54(71)33-56-67(78-62)80-70(77-56)95-58-39-93-65-57(85)38-92-66(58)65/h10-12,15-17,31-34,41-43,46-48,57-58,65-66,76,84-85H,7-9,13-14,19-29,35-40H2,1-6H3,(H,74,86)(H,77,78,80)/t46?,47?,48-,57+,58+,65+,66+/m0/s1. The molecular formula is C70H87ClF2N10O12Si. The van der Waals surface area contributed by atoms with E-state index in [1.165, 1.54) is 12.1 Å². The first-order valence-corrected chi connectivity index (χ1v) is 36.3. The molecule has 9 heterocycles. The highest BCUT2D eigenvalue weighted by Gasteiger charge is 2.49. The van der Waals surface area contributed by atoms with Gasteiger partial charge in [-0.15, -0.1) is 5.54 Å². The number of hydrogen-bond donors (Lipinski definition) is 5. The maximum Gasteiger partial charge on any atom is 0.319 e. The molecule has 22 nitrogen and oxygen atoms in total. The van der Waals surface area contributed by atoms with E-state index in [4.69, 9.17) is 69.2 Å². The van der Waals surface area contributed by atoms with Crippen LogP contribution in [0, 0.1) is 23.1 Å². The molecule has 4 aromatic heterocycles. The van der Waals surface area contributed by atoms with Gasteiger partial charge in [-0.1, -0.05) is 65.1 Å². The van der Waals surface area contributed by atoms with Gasteiger partial charge in [-0.05, 0) is 109 Å². The van der Waals surface area contributed by atoms with E-state index in [-0.39, 0.29) is 110 Å². The zero-order valence-corrected chi connectivity index (χ0v) is 57.1. The number of imidazole rings is 1. The summed E-state index contributed by atoms with van der Waals surface area (Å²) in [5, 5.41) is 29.4. The van der Waals surface area contributed by atoms with Gasteiger partial charge in [0.1, 0.15) is 80.6 Å². The number of halogens is 3. The zero-order valence-electron chi connectivity index (χ0n) is 55.3. The molecule has 0 saturated carbocycles. The molecule has 0 radical (unpaired) electrons.